The van der Waals surface area contributed by atoms with Gasteiger partial charge in [0.15, 0.2) is 5.69 Å². The van der Waals surface area contributed by atoms with Crippen LogP contribution >= 0.6 is 0 Å². The third kappa shape index (κ3) is 3.85. The second-order valence-electron chi connectivity index (χ2n) is 6.81. The molecule has 1 aliphatic rings. The largest absolute Gasteiger partial charge is 0.393 e. The molecule has 1 heterocycles. The molecule has 1 amide bonds. The van der Waals surface area contributed by atoms with Crippen LogP contribution in [-0.4, -0.2) is 33.4 Å². The van der Waals surface area contributed by atoms with Crippen LogP contribution in [0.3, 0.4) is 0 Å². The van der Waals surface area contributed by atoms with Crippen LogP contribution in [0.25, 0.3) is 5.69 Å². The minimum Gasteiger partial charge on any atom is -0.393 e. The van der Waals surface area contributed by atoms with Gasteiger partial charge in [-0.3, -0.25) is 4.79 Å². The lowest BCUT2D eigenvalue weighted by Gasteiger charge is -2.25. The van der Waals surface area contributed by atoms with Crippen molar-refractivity contribution in [3.63, 3.8) is 0 Å². The molecule has 5 nitrogen and oxygen atoms in total. The van der Waals surface area contributed by atoms with Crippen LogP contribution in [0.1, 0.15) is 47.4 Å². The first-order chi connectivity index (χ1) is 11.5. The molecule has 2 aromatic rings. The minimum absolute atomic E-state index is 0.149. The maximum Gasteiger partial charge on any atom is 0.271 e. The van der Waals surface area contributed by atoms with Crippen LogP contribution in [0.15, 0.2) is 30.3 Å². The third-order valence-corrected chi connectivity index (χ3v) is 4.71. The van der Waals surface area contributed by atoms with Crippen LogP contribution in [0.5, 0.6) is 0 Å². The number of aliphatic hydroxyl groups excluding tert-OH is 1. The van der Waals surface area contributed by atoms with E-state index in [-0.39, 0.29) is 12.0 Å². The second-order valence-corrected chi connectivity index (χ2v) is 6.81. The summed E-state index contributed by atoms with van der Waals surface area (Å²) in [5, 5.41) is 17.1. The van der Waals surface area contributed by atoms with Crippen molar-refractivity contribution >= 4 is 5.91 Å². The minimum atomic E-state index is -0.219. The van der Waals surface area contributed by atoms with Crippen LogP contribution in [-0.2, 0) is 0 Å². The van der Waals surface area contributed by atoms with Gasteiger partial charge in [0.2, 0.25) is 0 Å². The Labute approximate surface area is 142 Å². The first kappa shape index (κ1) is 16.7. The molecule has 3 rings (SSSR count). The number of aromatic nitrogens is 2. The van der Waals surface area contributed by atoms with Gasteiger partial charge in [-0.2, -0.15) is 5.10 Å². The van der Waals surface area contributed by atoms with Gasteiger partial charge in [0.1, 0.15) is 0 Å². The number of aliphatic hydroxyl groups is 1. The van der Waals surface area contributed by atoms with Gasteiger partial charge in [0.25, 0.3) is 5.91 Å². The molecule has 1 aliphatic carbocycles. The number of nitrogens with zero attached hydrogens (tertiary/aromatic N) is 2. The van der Waals surface area contributed by atoms with Gasteiger partial charge in [0.05, 0.1) is 11.8 Å². The average Bonchev–Trinajstić information content (AvgIpc) is 2.95. The normalized spacial score (nSPS) is 20.8. The van der Waals surface area contributed by atoms with Crippen molar-refractivity contribution in [1.29, 1.82) is 0 Å². The molecule has 1 aromatic carbocycles. The number of aryl methyl sites for hydroxylation is 2. The zero-order valence-corrected chi connectivity index (χ0v) is 14.3. The average molecular weight is 327 g/mol. The summed E-state index contributed by atoms with van der Waals surface area (Å²) in [6.45, 7) is 4.59. The first-order valence-electron chi connectivity index (χ1n) is 8.63. The van der Waals surface area contributed by atoms with Crippen LogP contribution in [0, 0.1) is 19.8 Å². The highest BCUT2D eigenvalue weighted by molar-refractivity contribution is 5.92. The summed E-state index contributed by atoms with van der Waals surface area (Å²) in [6, 6.07) is 9.88. The Morgan fingerprint density at radius 2 is 2.04 bits per heavy atom. The van der Waals surface area contributed by atoms with Crippen molar-refractivity contribution in [3.05, 3.63) is 47.3 Å². The summed E-state index contributed by atoms with van der Waals surface area (Å²) in [5.74, 6) is 0.210. The molecule has 2 atom stereocenters. The van der Waals surface area contributed by atoms with Crippen LogP contribution < -0.4 is 5.32 Å². The molecule has 2 unspecified atom stereocenters. The maximum absolute atomic E-state index is 12.4. The van der Waals surface area contributed by atoms with E-state index in [1.54, 1.807) is 4.68 Å². The fraction of sp³-hybridized carbons (Fsp3) is 0.474. The quantitative estimate of drug-likeness (QED) is 0.907. The van der Waals surface area contributed by atoms with Gasteiger partial charge in [-0.15, -0.1) is 0 Å². The van der Waals surface area contributed by atoms with E-state index in [4.69, 9.17) is 0 Å². The summed E-state index contributed by atoms with van der Waals surface area (Å²) in [5.41, 5.74) is 3.50. The fourth-order valence-electron chi connectivity index (χ4n) is 3.31. The molecular weight excluding hydrogens is 302 g/mol. The van der Waals surface area contributed by atoms with Crippen LogP contribution in [0.2, 0.25) is 0 Å². The molecule has 0 aliphatic heterocycles. The Morgan fingerprint density at radius 1 is 1.29 bits per heavy atom. The van der Waals surface area contributed by atoms with Gasteiger partial charge in [0, 0.05) is 12.2 Å². The standard InChI is InChI=1S/C19H25N3O2/c1-13-6-8-16(9-7-13)22-14(2)10-18(21-22)19(24)20-12-15-4-3-5-17(23)11-15/h6-10,15,17,23H,3-5,11-12H2,1-2H3,(H,20,24). The third-order valence-electron chi connectivity index (χ3n) is 4.71. The number of amides is 1. The van der Waals surface area contributed by atoms with E-state index in [1.807, 2.05) is 44.2 Å². The molecule has 0 saturated heterocycles. The number of hydrogen-bond acceptors (Lipinski definition) is 3. The molecule has 1 fully saturated rings. The molecule has 0 bridgehead atoms. The predicted octanol–water partition coefficient (Wildman–Crippen LogP) is 2.77. The van der Waals surface area contributed by atoms with Gasteiger partial charge in [-0.25, -0.2) is 4.68 Å². The number of nitrogens with one attached hydrogen (secondary N) is 1. The predicted molar refractivity (Wildman–Crippen MR) is 93.3 cm³/mol. The summed E-state index contributed by atoms with van der Waals surface area (Å²) in [6.07, 6.45) is 3.53. The van der Waals surface area contributed by atoms with Crippen molar-refractivity contribution in [1.82, 2.24) is 15.1 Å². The van der Waals surface area contributed by atoms with E-state index in [1.165, 1.54) is 5.56 Å². The Morgan fingerprint density at radius 3 is 2.75 bits per heavy atom. The Kier molecular flexibility index (Phi) is 5.00. The van der Waals surface area contributed by atoms with Crippen molar-refractivity contribution in [2.75, 3.05) is 6.54 Å². The van der Waals surface area contributed by atoms with E-state index in [0.717, 1.165) is 37.1 Å². The van der Waals surface area contributed by atoms with Crippen molar-refractivity contribution in [2.45, 2.75) is 45.6 Å². The summed E-state index contributed by atoms with van der Waals surface area (Å²) >= 11 is 0. The van der Waals surface area contributed by atoms with Crippen molar-refractivity contribution in [3.8, 4) is 5.69 Å². The van der Waals surface area contributed by atoms with Crippen molar-refractivity contribution < 1.29 is 9.90 Å². The number of hydrogen-bond donors (Lipinski definition) is 2. The Bertz CT molecular complexity index is 706. The molecule has 0 spiro atoms. The van der Waals surface area contributed by atoms with E-state index in [9.17, 15) is 9.90 Å². The fourth-order valence-corrected chi connectivity index (χ4v) is 3.31. The van der Waals surface area contributed by atoms with Gasteiger partial charge < -0.3 is 10.4 Å². The number of carbonyl (C=O) groups excluding carboxylic acids is 1. The lowest BCUT2D eigenvalue weighted by atomic mass is 9.87. The molecule has 1 aromatic heterocycles. The molecular formula is C19H25N3O2. The molecule has 24 heavy (non-hydrogen) atoms. The summed E-state index contributed by atoms with van der Waals surface area (Å²) in [7, 11) is 0. The monoisotopic (exact) mass is 327 g/mol. The van der Waals surface area contributed by atoms with Crippen molar-refractivity contribution in [2.24, 2.45) is 5.92 Å². The zero-order chi connectivity index (χ0) is 17.1. The Balaban J connectivity index is 1.65. The van der Waals surface area contributed by atoms with E-state index in [0.29, 0.717) is 18.2 Å². The maximum atomic E-state index is 12.4. The summed E-state index contributed by atoms with van der Waals surface area (Å²) < 4.78 is 1.79. The van der Waals surface area contributed by atoms with E-state index >= 15 is 0 Å². The van der Waals surface area contributed by atoms with Gasteiger partial charge in [-0.05, 0) is 57.2 Å². The number of benzene rings is 1. The Hall–Kier alpha value is -2.14. The highest BCUT2D eigenvalue weighted by Gasteiger charge is 2.21. The second kappa shape index (κ2) is 7.18. The number of carbonyl (C=O) groups is 1. The van der Waals surface area contributed by atoms with E-state index < -0.39 is 0 Å². The summed E-state index contributed by atoms with van der Waals surface area (Å²) in [4.78, 5) is 12.4. The van der Waals surface area contributed by atoms with Gasteiger partial charge in [-0.1, -0.05) is 24.1 Å². The highest BCUT2D eigenvalue weighted by Crippen LogP contribution is 2.23. The topological polar surface area (TPSA) is 67.2 Å². The lowest BCUT2D eigenvalue weighted by molar-refractivity contribution is 0.0870. The molecule has 0 radical (unpaired) electrons. The first-order valence-corrected chi connectivity index (χ1v) is 8.63. The SMILES string of the molecule is Cc1ccc(-n2nc(C(=O)NCC3CCCC(O)C3)cc2C)cc1. The molecule has 5 heteroatoms. The molecule has 128 valence electrons. The van der Waals surface area contributed by atoms with Crippen LogP contribution in [0.4, 0.5) is 0 Å². The smallest absolute Gasteiger partial charge is 0.271 e. The molecule has 2 N–H and O–H groups in total. The zero-order valence-electron chi connectivity index (χ0n) is 14.3. The molecule has 1 saturated carbocycles. The lowest BCUT2D eigenvalue weighted by Crippen LogP contribution is -2.33. The van der Waals surface area contributed by atoms with Gasteiger partial charge >= 0.3 is 0 Å². The highest BCUT2D eigenvalue weighted by atomic mass is 16.3. The number of rotatable bonds is 4. The van der Waals surface area contributed by atoms with E-state index in [2.05, 4.69) is 10.4 Å².